The Bertz CT molecular complexity index is 535. The first kappa shape index (κ1) is 11.3. The average molecular weight is 295 g/mol. The molecule has 1 aromatic carbocycles. The lowest BCUT2D eigenvalue weighted by atomic mass is 10.3. The van der Waals surface area contributed by atoms with Crippen LogP contribution >= 0.6 is 15.9 Å². The number of nitrogens with zero attached hydrogens (tertiary/aromatic N) is 1. The normalized spacial score (nSPS) is 12.1. The summed E-state index contributed by atoms with van der Waals surface area (Å²) < 4.78 is 42.6. The zero-order valence-electron chi connectivity index (χ0n) is 8.02. The minimum absolute atomic E-state index is 0.201. The number of hydrogen-bond donors (Lipinski definition) is 1. The van der Waals surface area contributed by atoms with E-state index in [1.54, 1.807) is 6.07 Å². The first-order valence-electron chi connectivity index (χ1n) is 4.23. The molecular weight excluding hydrogens is 289 g/mol. The van der Waals surface area contributed by atoms with Crippen LogP contribution in [0, 0.1) is 0 Å². The molecule has 0 fully saturated rings. The van der Waals surface area contributed by atoms with E-state index in [1.165, 1.54) is 13.2 Å². The minimum atomic E-state index is -4.48. The number of hydrogen-bond acceptors (Lipinski definition) is 2. The van der Waals surface area contributed by atoms with Gasteiger partial charge in [-0.1, -0.05) is 0 Å². The Kier molecular flexibility index (Phi) is 2.57. The van der Waals surface area contributed by atoms with Crippen LogP contribution in [0.3, 0.4) is 0 Å². The summed E-state index contributed by atoms with van der Waals surface area (Å²) in [4.78, 5) is 5.69. The van der Waals surface area contributed by atoms with Crippen LogP contribution in [-0.4, -0.2) is 17.1 Å². The molecule has 2 aromatic rings. The van der Waals surface area contributed by atoms with Gasteiger partial charge in [0.1, 0.15) is 11.3 Å². The van der Waals surface area contributed by atoms with Crippen LogP contribution in [0.5, 0.6) is 5.75 Å². The fourth-order valence-electron chi connectivity index (χ4n) is 1.32. The summed E-state index contributed by atoms with van der Waals surface area (Å²) in [5, 5.41) is 0. The average Bonchev–Trinajstić information content (AvgIpc) is 2.62. The van der Waals surface area contributed by atoms with E-state index in [9.17, 15) is 13.2 Å². The number of fused-ring (bicyclic) bond motifs is 1. The summed E-state index contributed by atoms with van der Waals surface area (Å²) in [6, 6.07) is 3.05. The topological polar surface area (TPSA) is 37.9 Å². The molecular formula is C9H6BrF3N2O. The third kappa shape index (κ3) is 1.75. The zero-order chi connectivity index (χ0) is 11.9. The SMILES string of the molecule is COc1ccc2[nH]c(C(F)(F)F)nc2c1Br. The smallest absolute Gasteiger partial charge is 0.449 e. The van der Waals surface area contributed by atoms with Crippen molar-refractivity contribution in [2.24, 2.45) is 0 Å². The molecule has 0 atom stereocenters. The largest absolute Gasteiger partial charge is 0.495 e. The van der Waals surface area contributed by atoms with Gasteiger partial charge in [-0.15, -0.1) is 0 Å². The number of aromatic amines is 1. The number of aromatic nitrogens is 2. The van der Waals surface area contributed by atoms with Gasteiger partial charge in [0.2, 0.25) is 5.82 Å². The lowest BCUT2D eigenvalue weighted by Crippen LogP contribution is -2.06. The Morgan fingerprint density at radius 1 is 1.38 bits per heavy atom. The number of imidazole rings is 1. The summed E-state index contributed by atoms with van der Waals surface area (Å²) in [5.41, 5.74) is 0.506. The highest BCUT2D eigenvalue weighted by Gasteiger charge is 2.35. The molecule has 0 unspecified atom stereocenters. The van der Waals surface area contributed by atoms with Gasteiger partial charge in [0.25, 0.3) is 0 Å². The monoisotopic (exact) mass is 294 g/mol. The van der Waals surface area contributed by atoms with Gasteiger partial charge in [-0.25, -0.2) is 4.98 Å². The Hall–Kier alpha value is -1.24. The standard InChI is InChI=1S/C9H6BrF3N2O/c1-16-5-3-2-4-7(6(5)10)15-8(14-4)9(11,12)13/h2-3H,1H3,(H,14,15). The molecule has 7 heteroatoms. The van der Waals surface area contributed by atoms with E-state index in [1.807, 2.05) is 0 Å². The maximum Gasteiger partial charge on any atom is 0.449 e. The Morgan fingerprint density at radius 3 is 2.62 bits per heavy atom. The lowest BCUT2D eigenvalue weighted by molar-refractivity contribution is -0.144. The van der Waals surface area contributed by atoms with Gasteiger partial charge in [0.05, 0.1) is 17.1 Å². The molecule has 1 heterocycles. The van der Waals surface area contributed by atoms with Crippen molar-refractivity contribution in [1.82, 2.24) is 9.97 Å². The van der Waals surface area contributed by atoms with Crippen LogP contribution in [-0.2, 0) is 6.18 Å². The number of rotatable bonds is 1. The number of alkyl halides is 3. The zero-order valence-corrected chi connectivity index (χ0v) is 9.61. The molecule has 1 aromatic heterocycles. The highest BCUT2D eigenvalue weighted by molar-refractivity contribution is 9.10. The number of H-pyrrole nitrogens is 1. The fraction of sp³-hybridized carbons (Fsp3) is 0.222. The van der Waals surface area contributed by atoms with Crippen LogP contribution in [0.4, 0.5) is 13.2 Å². The van der Waals surface area contributed by atoms with Crippen molar-refractivity contribution in [1.29, 1.82) is 0 Å². The Balaban J connectivity index is 2.67. The van der Waals surface area contributed by atoms with E-state index in [0.717, 1.165) is 0 Å². The van der Waals surface area contributed by atoms with Crippen molar-refractivity contribution in [3.05, 3.63) is 22.4 Å². The van der Waals surface area contributed by atoms with Crippen molar-refractivity contribution in [2.45, 2.75) is 6.18 Å². The summed E-state index contributed by atoms with van der Waals surface area (Å²) in [7, 11) is 1.43. The van der Waals surface area contributed by atoms with Gasteiger partial charge in [-0.05, 0) is 28.1 Å². The number of nitrogens with one attached hydrogen (secondary N) is 1. The van der Waals surface area contributed by atoms with E-state index in [4.69, 9.17) is 4.74 Å². The molecule has 0 spiro atoms. The fourth-order valence-corrected chi connectivity index (χ4v) is 1.91. The van der Waals surface area contributed by atoms with Crippen molar-refractivity contribution >= 4 is 27.0 Å². The van der Waals surface area contributed by atoms with Crippen LogP contribution < -0.4 is 4.74 Å². The molecule has 0 aliphatic rings. The van der Waals surface area contributed by atoms with Crippen LogP contribution in [0.1, 0.15) is 5.82 Å². The molecule has 3 nitrogen and oxygen atoms in total. The third-order valence-corrected chi connectivity index (χ3v) is 2.81. The molecule has 0 radical (unpaired) electrons. The van der Waals surface area contributed by atoms with Crippen molar-refractivity contribution < 1.29 is 17.9 Å². The molecule has 16 heavy (non-hydrogen) atoms. The van der Waals surface area contributed by atoms with E-state index in [2.05, 4.69) is 25.9 Å². The molecule has 2 rings (SSSR count). The van der Waals surface area contributed by atoms with Crippen molar-refractivity contribution in [2.75, 3.05) is 7.11 Å². The maximum atomic E-state index is 12.4. The van der Waals surface area contributed by atoms with Crippen LogP contribution in [0.2, 0.25) is 0 Å². The molecule has 0 saturated heterocycles. The minimum Gasteiger partial charge on any atom is -0.495 e. The highest BCUT2D eigenvalue weighted by atomic mass is 79.9. The van der Waals surface area contributed by atoms with Gasteiger partial charge < -0.3 is 9.72 Å². The second kappa shape index (κ2) is 3.65. The van der Waals surface area contributed by atoms with E-state index < -0.39 is 12.0 Å². The van der Waals surface area contributed by atoms with Crippen molar-refractivity contribution in [3.8, 4) is 5.75 Å². The second-order valence-electron chi connectivity index (χ2n) is 3.06. The van der Waals surface area contributed by atoms with Gasteiger partial charge >= 0.3 is 6.18 Å². The van der Waals surface area contributed by atoms with Gasteiger partial charge in [-0.3, -0.25) is 0 Å². The molecule has 0 aliphatic heterocycles. The van der Waals surface area contributed by atoms with E-state index in [-0.39, 0.29) is 5.52 Å². The van der Waals surface area contributed by atoms with Gasteiger partial charge in [0, 0.05) is 0 Å². The molecule has 0 bridgehead atoms. The predicted molar refractivity (Wildman–Crippen MR) is 55.3 cm³/mol. The summed E-state index contributed by atoms with van der Waals surface area (Å²) >= 11 is 3.15. The van der Waals surface area contributed by atoms with E-state index in [0.29, 0.717) is 15.7 Å². The molecule has 1 N–H and O–H groups in total. The number of benzene rings is 1. The Morgan fingerprint density at radius 2 is 2.06 bits per heavy atom. The Labute approximate surface area is 96.7 Å². The summed E-state index contributed by atoms with van der Waals surface area (Å²) in [6.07, 6.45) is -4.48. The quantitative estimate of drug-likeness (QED) is 0.876. The second-order valence-corrected chi connectivity index (χ2v) is 3.85. The molecule has 0 amide bonds. The van der Waals surface area contributed by atoms with Gasteiger partial charge in [-0.2, -0.15) is 13.2 Å². The first-order chi connectivity index (χ1) is 7.43. The third-order valence-electron chi connectivity index (χ3n) is 2.05. The molecule has 86 valence electrons. The predicted octanol–water partition coefficient (Wildman–Crippen LogP) is 3.35. The molecule has 0 saturated carbocycles. The lowest BCUT2D eigenvalue weighted by Gasteiger charge is -2.01. The first-order valence-corrected chi connectivity index (χ1v) is 5.02. The number of ether oxygens (including phenoxy) is 1. The van der Waals surface area contributed by atoms with E-state index >= 15 is 0 Å². The van der Waals surface area contributed by atoms with Crippen LogP contribution in [0.15, 0.2) is 16.6 Å². The van der Waals surface area contributed by atoms with Crippen molar-refractivity contribution in [3.63, 3.8) is 0 Å². The molecule has 0 aliphatic carbocycles. The van der Waals surface area contributed by atoms with Gasteiger partial charge in [0.15, 0.2) is 0 Å². The maximum absolute atomic E-state index is 12.4. The number of halogens is 4. The summed E-state index contributed by atoms with van der Waals surface area (Å²) in [5.74, 6) is -0.579. The highest BCUT2D eigenvalue weighted by Crippen LogP contribution is 2.35. The van der Waals surface area contributed by atoms with Crippen LogP contribution in [0.25, 0.3) is 11.0 Å². The number of methoxy groups -OCH3 is 1. The summed E-state index contributed by atoms with van der Waals surface area (Å²) in [6.45, 7) is 0.